The number of nitrogens with one attached hydrogen (secondary N) is 1. The number of nitrogens with two attached hydrogens (primary N) is 2. The summed E-state index contributed by atoms with van der Waals surface area (Å²) in [7, 11) is 2.14. The number of anilines is 4. The van der Waals surface area contributed by atoms with E-state index in [1.54, 1.807) is 0 Å². The minimum absolute atomic E-state index is 0.0663. The lowest BCUT2D eigenvalue weighted by Crippen LogP contribution is -2.44. The van der Waals surface area contributed by atoms with Crippen LogP contribution in [0, 0.1) is 6.92 Å². The smallest absolute Gasteiger partial charge is 0.271 e. The van der Waals surface area contributed by atoms with Gasteiger partial charge in [0.1, 0.15) is 11.4 Å². The first-order valence-electron chi connectivity index (χ1n) is 11.4. The van der Waals surface area contributed by atoms with Crippen LogP contribution in [0.2, 0.25) is 0 Å². The van der Waals surface area contributed by atoms with E-state index in [-0.39, 0.29) is 11.5 Å². The summed E-state index contributed by atoms with van der Waals surface area (Å²) in [5.41, 5.74) is 15.6. The molecule has 2 heterocycles. The van der Waals surface area contributed by atoms with Gasteiger partial charge in [-0.2, -0.15) is 4.98 Å². The zero-order valence-electron chi connectivity index (χ0n) is 19.8. The van der Waals surface area contributed by atoms with Crippen molar-refractivity contribution in [3.63, 3.8) is 0 Å². The largest absolute Gasteiger partial charge is 0.437 e. The molecule has 1 aliphatic rings. The number of amides is 1. The van der Waals surface area contributed by atoms with Crippen LogP contribution in [0.25, 0.3) is 0 Å². The minimum atomic E-state index is -0.662. The fraction of sp³-hybridized carbons (Fsp3) is 0.320. The van der Waals surface area contributed by atoms with Gasteiger partial charge in [0.15, 0.2) is 11.5 Å². The molecule has 0 spiro atoms. The molecule has 9 heteroatoms. The monoisotopic (exact) mass is 461 g/mol. The topological polar surface area (TPSA) is 123 Å². The van der Waals surface area contributed by atoms with Gasteiger partial charge < -0.3 is 31.3 Å². The number of carbonyl (C=O) groups excluding carboxylic acids is 1. The van der Waals surface area contributed by atoms with E-state index in [1.165, 1.54) is 0 Å². The molecule has 2 aromatic carbocycles. The van der Waals surface area contributed by atoms with E-state index in [0.717, 1.165) is 43.1 Å². The molecular weight excluding hydrogens is 430 g/mol. The molecule has 1 aliphatic heterocycles. The second-order valence-electron chi connectivity index (χ2n) is 8.43. The van der Waals surface area contributed by atoms with Crippen LogP contribution in [0.4, 0.5) is 22.9 Å². The number of rotatable bonds is 7. The van der Waals surface area contributed by atoms with E-state index >= 15 is 0 Å². The quantitative estimate of drug-likeness (QED) is 0.458. The number of benzene rings is 2. The Kier molecular flexibility index (Phi) is 6.83. The third-order valence-corrected chi connectivity index (χ3v) is 6.03. The predicted octanol–water partition coefficient (Wildman–Crippen LogP) is 3.32. The standard InChI is InChI=1S/C25H31N7O2/c1-4-20-25(34-21-7-5-6-19(26)16(21)2)30-24(22(29-20)23(27)33)28-17-8-10-18(11-9-17)32-14-12-31(3)13-15-32/h5-11H,4,12-15,26H2,1-3H3,(H2,27,33)(H,28,30). The van der Waals surface area contributed by atoms with E-state index in [0.29, 0.717) is 29.4 Å². The van der Waals surface area contributed by atoms with Gasteiger partial charge in [-0.1, -0.05) is 13.0 Å². The number of likely N-dealkylation sites (N-methyl/N-ethyl adjacent to an activating group) is 1. The van der Waals surface area contributed by atoms with Crippen LogP contribution in [0.3, 0.4) is 0 Å². The molecule has 0 saturated carbocycles. The molecule has 0 unspecified atom stereocenters. The normalized spacial score (nSPS) is 14.1. The molecule has 5 N–H and O–H groups in total. The summed E-state index contributed by atoms with van der Waals surface area (Å²) in [6.07, 6.45) is 0.518. The van der Waals surface area contributed by atoms with E-state index in [9.17, 15) is 4.79 Å². The Labute approximate surface area is 199 Å². The Morgan fingerprint density at radius 1 is 1.09 bits per heavy atom. The van der Waals surface area contributed by atoms with Gasteiger partial charge in [-0.15, -0.1) is 0 Å². The number of aromatic nitrogens is 2. The Morgan fingerprint density at radius 3 is 2.44 bits per heavy atom. The van der Waals surface area contributed by atoms with Crippen LogP contribution in [0.1, 0.15) is 28.7 Å². The number of nitrogen functional groups attached to an aromatic ring is 1. The van der Waals surface area contributed by atoms with Crippen molar-refractivity contribution in [3.05, 3.63) is 59.4 Å². The maximum absolute atomic E-state index is 12.1. The molecule has 1 amide bonds. The van der Waals surface area contributed by atoms with Crippen molar-refractivity contribution in [1.29, 1.82) is 0 Å². The summed E-state index contributed by atoms with van der Waals surface area (Å²) >= 11 is 0. The third-order valence-electron chi connectivity index (χ3n) is 6.03. The molecule has 0 aliphatic carbocycles. The van der Waals surface area contributed by atoms with Crippen LogP contribution < -0.4 is 26.4 Å². The number of primary amides is 1. The van der Waals surface area contributed by atoms with Crippen molar-refractivity contribution < 1.29 is 9.53 Å². The highest BCUT2D eigenvalue weighted by Crippen LogP contribution is 2.31. The third kappa shape index (κ3) is 5.04. The zero-order chi connectivity index (χ0) is 24.2. The number of hydrogen-bond donors (Lipinski definition) is 3. The Bertz CT molecular complexity index is 1170. The Hall–Kier alpha value is -3.85. The summed E-state index contributed by atoms with van der Waals surface area (Å²) in [5.74, 6) is 0.468. The molecule has 1 aromatic heterocycles. The fourth-order valence-corrected chi connectivity index (χ4v) is 3.83. The molecular formula is C25H31N7O2. The zero-order valence-corrected chi connectivity index (χ0v) is 19.8. The SMILES string of the molecule is CCc1nc(C(N)=O)c(Nc2ccc(N3CCN(C)CC3)cc2)nc1Oc1cccc(N)c1C. The van der Waals surface area contributed by atoms with Crippen LogP contribution >= 0.6 is 0 Å². The molecule has 0 atom stereocenters. The number of carbonyl (C=O) groups is 1. The second-order valence-corrected chi connectivity index (χ2v) is 8.43. The van der Waals surface area contributed by atoms with Crippen molar-refractivity contribution in [2.45, 2.75) is 20.3 Å². The molecule has 0 bridgehead atoms. The highest BCUT2D eigenvalue weighted by Gasteiger charge is 2.20. The van der Waals surface area contributed by atoms with Crippen LogP contribution in [-0.2, 0) is 6.42 Å². The van der Waals surface area contributed by atoms with Gasteiger partial charge in [0.05, 0.1) is 0 Å². The van der Waals surface area contributed by atoms with Crippen molar-refractivity contribution in [2.75, 3.05) is 49.2 Å². The molecule has 0 radical (unpaired) electrons. The maximum Gasteiger partial charge on any atom is 0.271 e. The highest BCUT2D eigenvalue weighted by molar-refractivity contribution is 5.96. The van der Waals surface area contributed by atoms with Crippen LogP contribution in [-0.4, -0.2) is 54.0 Å². The molecule has 1 fully saturated rings. The van der Waals surface area contributed by atoms with E-state index < -0.39 is 5.91 Å². The van der Waals surface area contributed by atoms with Gasteiger partial charge in [0.25, 0.3) is 5.91 Å². The first-order valence-corrected chi connectivity index (χ1v) is 11.4. The summed E-state index contributed by atoms with van der Waals surface area (Å²) in [4.78, 5) is 25.9. The number of nitrogens with zero attached hydrogens (tertiary/aromatic N) is 4. The molecule has 3 aromatic rings. The van der Waals surface area contributed by atoms with Crippen molar-refractivity contribution in [2.24, 2.45) is 5.73 Å². The summed E-state index contributed by atoms with van der Waals surface area (Å²) < 4.78 is 6.08. The Balaban J connectivity index is 1.62. The average Bonchev–Trinajstić information content (AvgIpc) is 2.83. The van der Waals surface area contributed by atoms with E-state index in [4.69, 9.17) is 16.2 Å². The van der Waals surface area contributed by atoms with Gasteiger partial charge >= 0.3 is 0 Å². The summed E-state index contributed by atoms with van der Waals surface area (Å²) in [6, 6.07) is 13.5. The van der Waals surface area contributed by atoms with Crippen molar-refractivity contribution >= 4 is 28.8 Å². The average molecular weight is 462 g/mol. The van der Waals surface area contributed by atoms with Gasteiger partial charge in [-0.3, -0.25) is 4.79 Å². The lowest BCUT2D eigenvalue weighted by molar-refractivity contribution is 0.0996. The van der Waals surface area contributed by atoms with Gasteiger partial charge in [-0.25, -0.2) is 4.98 Å². The number of ether oxygens (including phenoxy) is 1. The van der Waals surface area contributed by atoms with Crippen molar-refractivity contribution in [1.82, 2.24) is 14.9 Å². The summed E-state index contributed by atoms with van der Waals surface area (Å²) in [5, 5.41) is 3.19. The first kappa shape index (κ1) is 23.3. The highest BCUT2D eigenvalue weighted by atomic mass is 16.5. The molecule has 1 saturated heterocycles. The second kappa shape index (κ2) is 9.96. The van der Waals surface area contributed by atoms with Gasteiger partial charge in [-0.05, 0) is 56.8 Å². The fourth-order valence-electron chi connectivity index (χ4n) is 3.83. The minimum Gasteiger partial charge on any atom is -0.437 e. The van der Waals surface area contributed by atoms with E-state index in [2.05, 4.69) is 44.3 Å². The molecule has 178 valence electrons. The molecule has 34 heavy (non-hydrogen) atoms. The predicted molar refractivity (Wildman–Crippen MR) is 135 cm³/mol. The van der Waals surface area contributed by atoms with Gasteiger partial charge in [0.2, 0.25) is 5.88 Å². The Morgan fingerprint density at radius 2 is 1.79 bits per heavy atom. The van der Waals surface area contributed by atoms with Crippen molar-refractivity contribution in [3.8, 4) is 11.6 Å². The lowest BCUT2D eigenvalue weighted by atomic mass is 10.2. The molecule has 9 nitrogen and oxygen atoms in total. The van der Waals surface area contributed by atoms with Crippen LogP contribution in [0.5, 0.6) is 11.6 Å². The lowest BCUT2D eigenvalue weighted by Gasteiger charge is -2.34. The first-order chi connectivity index (χ1) is 16.4. The summed E-state index contributed by atoms with van der Waals surface area (Å²) in [6.45, 7) is 7.85. The van der Waals surface area contributed by atoms with Crippen LogP contribution in [0.15, 0.2) is 42.5 Å². The number of piperazine rings is 1. The maximum atomic E-state index is 12.1. The molecule has 4 rings (SSSR count). The van der Waals surface area contributed by atoms with Gasteiger partial charge in [0, 0.05) is 48.8 Å². The number of hydrogen-bond acceptors (Lipinski definition) is 8. The number of aryl methyl sites for hydroxylation is 1. The van der Waals surface area contributed by atoms with E-state index in [1.807, 2.05) is 44.2 Å².